The predicted octanol–water partition coefficient (Wildman–Crippen LogP) is 1.70. The van der Waals surface area contributed by atoms with Crippen LogP contribution in [-0.2, 0) is 6.61 Å². The van der Waals surface area contributed by atoms with E-state index in [2.05, 4.69) is 9.97 Å². The maximum atomic E-state index is 8.88. The minimum atomic E-state index is -0.0286. The zero-order valence-corrected chi connectivity index (χ0v) is 7.66. The van der Waals surface area contributed by atoms with Crippen molar-refractivity contribution in [3.05, 3.63) is 35.5 Å². The molecule has 2 aromatic heterocycles. The minimum absolute atomic E-state index is 0.0286. The highest BCUT2D eigenvalue weighted by Crippen LogP contribution is 2.19. The van der Waals surface area contributed by atoms with Gasteiger partial charge < -0.3 is 5.11 Å². The maximum absolute atomic E-state index is 8.88. The Kier molecular flexibility index (Phi) is 2.33. The van der Waals surface area contributed by atoms with E-state index in [1.54, 1.807) is 12.3 Å². The number of nitrogens with zero attached hydrogens (tertiary/aromatic N) is 2. The topological polar surface area (TPSA) is 46.0 Å². The molecule has 0 saturated carbocycles. The van der Waals surface area contributed by atoms with Crippen LogP contribution >= 0.6 is 11.3 Å². The van der Waals surface area contributed by atoms with Crippen LogP contribution in [0.1, 0.15) is 5.69 Å². The molecule has 0 bridgehead atoms. The van der Waals surface area contributed by atoms with Gasteiger partial charge in [-0.25, -0.2) is 9.97 Å². The number of hydrogen-bond donors (Lipinski definition) is 1. The smallest absolute Gasteiger partial charge is 0.141 e. The fraction of sp³-hybridized carbons (Fsp3) is 0.111. The molecular weight excluding hydrogens is 184 g/mol. The summed E-state index contributed by atoms with van der Waals surface area (Å²) in [5.41, 5.74) is 1.49. The Hall–Kier alpha value is -1.26. The Labute approximate surface area is 79.7 Å². The summed E-state index contributed by atoms with van der Waals surface area (Å²) in [5.74, 6) is 0. The summed E-state index contributed by atoms with van der Waals surface area (Å²) in [5, 5.41) is 11.7. The summed E-state index contributed by atoms with van der Waals surface area (Å²) in [6.45, 7) is -0.0286. The Morgan fingerprint density at radius 2 is 2.31 bits per heavy atom. The van der Waals surface area contributed by atoms with Crippen LogP contribution in [0.2, 0.25) is 0 Å². The van der Waals surface area contributed by atoms with Gasteiger partial charge in [-0.05, 0) is 12.1 Å². The molecule has 0 aliphatic rings. The number of aliphatic hydroxyl groups excluding tert-OH is 1. The van der Waals surface area contributed by atoms with Crippen molar-refractivity contribution < 1.29 is 5.11 Å². The quantitative estimate of drug-likeness (QED) is 0.787. The Morgan fingerprint density at radius 3 is 3.00 bits per heavy atom. The lowest BCUT2D eigenvalue weighted by Crippen LogP contribution is -1.90. The number of aliphatic hydroxyl groups is 1. The number of pyridine rings is 1. The van der Waals surface area contributed by atoms with Crippen LogP contribution < -0.4 is 0 Å². The van der Waals surface area contributed by atoms with E-state index < -0.39 is 0 Å². The molecule has 0 aliphatic heterocycles. The largest absolute Gasteiger partial charge is 0.390 e. The Morgan fingerprint density at radius 1 is 1.38 bits per heavy atom. The zero-order valence-electron chi connectivity index (χ0n) is 6.84. The first-order valence-electron chi connectivity index (χ1n) is 3.87. The molecule has 0 amide bonds. The third-order valence-electron chi connectivity index (χ3n) is 1.62. The molecule has 13 heavy (non-hydrogen) atoms. The molecule has 0 fully saturated rings. The summed E-state index contributed by atoms with van der Waals surface area (Å²) in [6.07, 6.45) is 1.74. The highest BCUT2D eigenvalue weighted by molar-refractivity contribution is 7.13. The normalized spacial score (nSPS) is 10.2. The first-order chi connectivity index (χ1) is 6.40. The van der Waals surface area contributed by atoms with Gasteiger partial charge in [0.2, 0.25) is 0 Å². The van der Waals surface area contributed by atoms with Crippen molar-refractivity contribution in [3.8, 4) is 10.7 Å². The molecule has 3 nitrogen and oxygen atoms in total. The number of hydrogen-bond acceptors (Lipinski definition) is 4. The van der Waals surface area contributed by atoms with Gasteiger partial charge in [-0.2, -0.15) is 0 Å². The molecular formula is C9H8N2OS. The number of aromatic nitrogens is 2. The first-order valence-corrected chi connectivity index (χ1v) is 4.75. The van der Waals surface area contributed by atoms with E-state index in [4.69, 9.17) is 5.11 Å². The molecule has 0 aromatic carbocycles. The van der Waals surface area contributed by atoms with Gasteiger partial charge in [0.05, 0.1) is 18.0 Å². The molecule has 4 heteroatoms. The summed E-state index contributed by atoms with van der Waals surface area (Å²) < 4.78 is 0. The van der Waals surface area contributed by atoms with Crippen LogP contribution in [0.3, 0.4) is 0 Å². The van der Waals surface area contributed by atoms with Crippen molar-refractivity contribution in [1.29, 1.82) is 0 Å². The fourth-order valence-corrected chi connectivity index (χ4v) is 1.64. The van der Waals surface area contributed by atoms with Gasteiger partial charge in [0.15, 0.2) is 0 Å². The molecule has 2 heterocycles. The Bertz CT molecular complexity index is 386. The van der Waals surface area contributed by atoms with E-state index in [0.717, 1.165) is 10.7 Å². The first kappa shape index (κ1) is 8.34. The lowest BCUT2D eigenvalue weighted by atomic mass is 10.3. The van der Waals surface area contributed by atoms with E-state index in [0.29, 0.717) is 5.69 Å². The standard InChI is InChI=1S/C9H8N2OS/c12-6-7-2-1-3-8(11-7)9-10-4-5-13-9/h1-5,12H,6H2. The third-order valence-corrected chi connectivity index (χ3v) is 2.42. The van der Waals surface area contributed by atoms with Gasteiger partial charge in [-0.1, -0.05) is 6.07 Å². The van der Waals surface area contributed by atoms with Gasteiger partial charge in [0.25, 0.3) is 0 Å². The molecule has 0 unspecified atom stereocenters. The van der Waals surface area contributed by atoms with Crippen LogP contribution in [0.5, 0.6) is 0 Å². The van der Waals surface area contributed by atoms with Crippen molar-refractivity contribution in [2.75, 3.05) is 0 Å². The van der Waals surface area contributed by atoms with Gasteiger partial charge in [-0.15, -0.1) is 11.3 Å². The number of thiazole rings is 1. The molecule has 66 valence electrons. The van der Waals surface area contributed by atoms with Crippen molar-refractivity contribution in [2.24, 2.45) is 0 Å². The van der Waals surface area contributed by atoms with Crippen LogP contribution in [0, 0.1) is 0 Å². The van der Waals surface area contributed by atoms with Gasteiger partial charge in [-0.3, -0.25) is 0 Å². The van der Waals surface area contributed by atoms with Crippen LogP contribution in [0.25, 0.3) is 10.7 Å². The van der Waals surface area contributed by atoms with E-state index in [-0.39, 0.29) is 6.61 Å². The van der Waals surface area contributed by atoms with Crippen molar-refractivity contribution in [1.82, 2.24) is 9.97 Å². The third kappa shape index (κ3) is 1.74. The molecule has 0 aliphatic carbocycles. The van der Waals surface area contributed by atoms with Gasteiger partial charge >= 0.3 is 0 Å². The highest BCUT2D eigenvalue weighted by atomic mass is 32.1. The summed E-state index contributed by atoms with van der Waals surface area (Å²) in [4.78, 5) is 8.37. The molecule has 0 saturated heterocycles. The number of rotatable bonds is 2. The maximum Gasteiger partial charge on any atom is 0.141 e. The van der Waals surface area contributed by atoms with Crippen molar-refractivity contribution in [2.45, 2.75) is 6.61 Å². The summed E-state index contributed by atoms with van der Waals surface area (Å²) >= 11 is 1.54. The molecule has 1 N–H and O–H groups in total. The Balaban J connectivity index is 2.41. The fourth-order valence-electron chi connectivity index (χ4n) is 1.04. The van der Waals surface area contributed by atoms with Gasteiger partial charge in [0, 0.05) is 11.6 Å². The average molecular weight is 192 g/mol. The summed E-state index contributed by atoms with van der Waals surface area (Å²) in [6, 6.07) is 5.55. The van der Waals surface area contributed by atoms with E-state index in [9.17, 15) is 0 Å². The second kappa shape index (κ2) is 3.64. The molecule has 2 rings (SSSR count). The molecule has 0 atom stereocenters. The molecule has 0 spiro atoms. The highest BCUT2D eigenvalue weighted by Gasteiger charge is 2.01. The SMILES string of the molecule is OCc1cccc(-c2nccs2)n1. The zero-order chi connectivity index (χ0) is 9.10. The molecule has 0 radical (unpaired) electrons. The lowest BCUT2D eigenvalue weighted by Gasteiger charge is -1.97. The van der Waals surface area contributed by atoms with Crippen LogP contribution in [-0.4, -0.2) is 15.1 Å². The summed E-state index contributed by atoms with van der Waals surface area (Å²) in [7, 11) is 0. The van der Waals surface area contributed by atoms with Crippen LogP contribution in [0.4, 0.5) is 0 Å². The van der Waals surface area contributed by atoms with Crippen molar-refractivity contribution >= 4 is 11.3 Å². The van der Waals surface area contributed by atoms with Crippen molar-refractivity contribution in [3.63, 3.8) is 0 Å². The average Bonchev–Trinajstić information content (AvgIpc) is 2.71. The predicted molar refractivity (Wildman–Crippen MR) is 51.3 cm³/mol. The second-order valence-electron chi connectivity index (χ2n) is 2.51. The minimum Gasteiger partial charge on any atom is -0.390 e. The van der Waals surface area contributed by atoms with E-state index in [1.165, 1.54) is 11.3 Å². The van der Waals surface area contributed by atoms with Gasteiger partial charge in [0.1, 0.15) is 5.01 Å². The van der Waals surface area contributed by atoms with Crippen LogP contribution in [0.15, 0.2) is 29.8 Å². The monoisotopic (exact) mass is 192 g/mol. The second-order valence-corrected chi connectivity index (χ2v) is 3.40. The molecule has 2 aromatic rings. The van der Waals surface area contributed by atoms with E-state index in [1.807, 2.05) is 17.5 Å². The lowest BCUT2D eigenvalue weighted by molar-refractivity contribution is 0.277. The van der Waals surface area contributed by atoms with E-state index >= 15 is 0 Å².